The Morgan fingerprint density at radius 1 is 1.19 bits per heavy atom. The van der Waals surface area contributed by atoms with Crippen LogP contribution in [0, 0.1) is 26.6 Å². The van der Waals surface area contributed by atoms with Crippen LogP contribution < -0.4 is 11.1 Å². The van der Waals surface area contributed by atoms with E-state index in [0.29, 0.717) is 28.9 Å². The van der Waals surface area contributed by atoms with Gasteiger partial charge in [0.15, 0.2) is 0 Å². The number of nitrogens with two attached hydrogens (primary N) is 1. The van der Waals surface area contributed by atoms with Gasteiger partial charge < -0.3 is 11.1 Å². The molecule has 0 fully saturated rings. The first-order valence-corrected chi connectivity index (χ1v) is 6.79. The van der Waals surface area contributed by atoms with Crippen molar-refractivity contribution >= 4 is 11.6 Å². The van der Waals surface area contributed by atoms with Gasteiger partial charge >= 0.3 is 0 Å². The van der Waals surface area contributed by atoms with Crippen LogP contribution in [0.15, 0.2) is 30.3 Å². The molecule has 3 N–H and O–H groups in total. The minimum atomic E-state index is -0.197. The Kier molecular flexibility index (Phi) is 4.26. The number of rotatable bonds is 3. The predicted octanol–water partition coefficient (Wildman–Crippen LogP) is 3.26. The number of carbonyl (C=O) groups excluding carboxylic acids is 1. The molecule has 0 aliphatic rings. The summed E-state index contributed by atoms with van der Waals surface area (Å²) in [6.45, 7) is 5.61. The first-order chi connectivity index (χ1) is 9.90. The van der Waals surface area contributed by atoms with E-state index in [4.69, 9.17) is 5.73 Å². The van der Waals surface area contributed by atoms with Crippen LogP contribution in [-0.4, -0.2) is 5.91 Å². The minimum Gasteiger partial charge on any atom is -0.398 e. The summed E-state index contributed by atoms with van der Waals surface area (Å²) in [5.41, 5.74) is 9.76. The van der Waals surface area contributed by atoms with Crippen molar-refractivity contribution in [3.8, 4) is 0 Å². The lowest BCUT2D eigenvalue weighted by molar-refractivity contribution is 0.0950. The molecule has 2 rings (SSSR count). The van der Waals surface area contributed by atoms with Crippen molar-refractivity contribution in [2.45, 2.75) is 27.3 Å². The van der Waals surface area contributed by atoms with Crippen molar-refractivity contribution in [3.05, 3.63) is 64.0 Å². The minimum absolute atomic E-state index is 0.181. The molecule has 3 nitrogen and oxygen atoms in total. The molecule has 0 spiro atoms. The van der Waals surface area contributed by atoms with Crippen molar-refractivity contribution < 1.29 is 9.18 Å². The van der Waals surface area contributed by atoms with Crippen LogP contribution >= 0.6 is 0 Å². The number of nitrogen functional groups attached to an aromatic ring is 1. The third kappa shape index (κ3) is 3.21. The van der Waals surface area contributed by atoms with E-state index < -0.39 is 0 Å². The largest absolute Gasteiger partial charge is 0.398 e. The number of benzene rings is 2. The third-order valence-electron chi connectivity index (χ3n) is 3.57. The van der Waals surface area contributed by atoms with E-state index in [1.54, 1.807) is 44.2 Å². The van der Waals surface area contributed by atoms with Crippen LogP contribution in [-0.2, 0) is 6.54 Å². The van der Waals surface area contributed by atoms with Gasteiger partial charge in [0.2, 0.25) is 0 Å². The maximum atomic E-state index is 13.6. The van der Waals surface area contributed by atoms with Gasteiger partial charge in [-0.1, -0.05) is 18.2 Å². The zero-order valence-electron chi connectivity index (χ0n) is 12.5. The number of carbonyl (C=O) groups is 1. The molecule has 0 atom stereocenters. The van der Waals surface area contributed by atoms with Crippen molar-refractivity contribution in [2.75, 3.05) is 5.73 Å². The maximum Gasteiger partial charge on any atom is 0.251 e. The van der Waals surface area contributed by atoms with Gasteiger partial charge in [-0.15, -0.1) is 0 Å². The molecule has 0 heterocycles. The number of amides is 1. The van der Waals surface area contributed by atoms with Crippen LogP contribution in [0.3, 0.4) is 0 Å². The fourth-order valence-electron chi connectivity index (χ4n) is 2.31. The van der Waals surface area contributed by atoms with E-state index in [2.05, 4.69) is 5.32 Å². The molecule has 0 radical (unpaired) electrons. The van der Waals surface area contributed by atoms with E-state index in [1.807, 2.05) is 6.92 Å². The molecule has 2 aromatic rings. The second-order valence-corrected chi connectivity index (χ2v) is 5.25. The van der Waals surface area contributed by atoms with Crippen molar-refractivity contribution in [1.82, 2.24) is 5.32 Å². The second kappa shape index (κ2) is 5.95. The Morgan fingerprint density at radius 3 is 2.43 bits per heavy atom. The molecule has 0 saturated carbocycles. The molecule has 0 saturated heterocycles. The normalized spacial score (nSPS) is 10.5. The zero-order valence-corrected chi connectivity index (χ0v) is 12.5. The summed E-state index contributed by atoms with van der Waals surface area (Å²) in [5, 5.41) is 2.84. The highest BCUT2D eigenvalue weighted by Gasteiger charge is 2.11. The lowest BCUT2D eigenvalue weighted by Crippen LogP contribution is -2.24. The first-order valence-electron chi connectivity index (χ1n) is 6.79. The Labute approximate surface area is 124 Å². The number of aryl methyl sites for hydroxylation is 2. The third-order valence-corrected chi connectivity index (χ3v) is 3.57. The molecule has 2 aromatic carbocycles. The molecule has 0 unspecified atom stereocenters. The number of anilines is 1. The Hall–Kier alpha value is -2.36. The van der Waals surface area contributed by atoms with Crippen LogP contribution in [0.25, 0.3) is 0 Å². The number of hydrogen-bond acceptors (Lipinski definition) is 2. The standard InChI is InChI=1S/C17H19FN2O/c1-10-7-13(8-11(2)16(10)18)9-20-17(21)14-5-4-6-15(19)12(14)3/h4-8H,9,19H2,1-3H3,(H,20,21). The molecule has 0 aromatic heterocycles. The predicted molar refractivity (Wildman–Crippen MR) is 82.6 cm³/mol. The molecular formula is C17H19FN2O. The summed E-state index contributed by atoms with van der Waals surface area (Å²) in [6, 6.07) is 8.74. The highest BCUT2D eigenvalue weighted by molar-refractivity contribution is 5.96. The summed E-state index contributed by atoms with van der Waals surface area (Å²) >= 11 is 0. The van der Waals surface area contributed by atoms with Gasteiger partial charge in [0.25, 0.3) is 5.91 Å². The molecule has 0 aliphatic heterocycles. The van der Waals surface area contributed by atoms with Crippen LogP contribution in [0.5, 0.6) is 0 Å². The van der Waals surface area contributed by atoms with Gasteiger partial charge in [-0.05, 0) is 55.2 Å². The molecule has 0 aliphatic carbocycles. The van der Waals surface area contributed by atoms with Gasteiger partial charge in [-0.2, -0.15) is 0 Å². The smallest absolute Gasteiger partial charge is 0.251 e. The first kappa shape index (κ1) is 15.0. The molecule has 4 heteroatoms. The van der Waals surface area contributed by atoms with Crippen molar-refractivity contribution in [2.24, 2.45) is 0 Å². The van der Waals surface area contributed by atoms with Crippen LogP contribution in [0.2, 0.25) is 0 Å². The van der Waals surface area contributed by atoms with Crippen molar-refractivity contribution in [1.29, 1.82) is 0 Å². The number of halogens is 1. The summed E-state index contributed by atoms with van der Waals surface area (Å²) in [5.74, 6) is -0.379. The SMILES string of the molecule is Cc1cc(CNC(=O)c2cccc(N)c2C)cc(C)c1F. The summed E-state index contributed by atoms with van der Waals surface area (Å²) in [7, 11) is 0. The van der Waals surface area contributed by atoms with E-state index in [9.17, 15) is 9.18 Å². The van der Waals surface area contributed by atoms with Gasteiger partial charge in [0.1, 0.15) is 5.82 Å². The lowest BCUT2D eigenvalue weighted by atomic mass is 10.0. The highest BCUT2D eigenvalue weighted by atomic mass is 19.1. The van der Waals surface area contributed by atoms with E-state index in [-0.39, 0.29) is 11.7 Å². The van der Waals surface area contributed by atoms with Gasteiger partial charge in [0.05, 0.1) is 0 Å². The highest BCUT2D eigenvalue weighted by Crippen LogP contribution is 2.17. The van der Waals surface area contributed by atoms with E-state index >= 15 is 0 Å². The van der Waals surface area contributed by atoms with Gasteiger partial charge in [-0.3, -0.25) is 4.79 Å². The summed E-state index contributed by atoms with van der Waals surface area (Å²) < 4.78 is 13.6. The molecular weight excluding hydrogens is 267 g/mol. The molecule has 21 heavy (non-hydrogen) atoms. The summed E-state index contributed by atoms with van der Waals surface area (Å²) in [6.07, 6.45) is 0. The van der Waals surface area contributed by atoms with E-state index in [0.717, 1.165) is 11.1 Å². The molecule has 1 amide bonds. The zero-order chi connectivity index (χ0) is 15.6. The fraction of sp³-hybridized carbons (Fsp3) is 0.235. The second-order valence-electron chi connectivity index (χ2n) is 5.25. The van der Waals surface area contributed by atoms with Gasteiger partial charge in [0, 0.05) is 17.8 Å². The Bertz CT molecular complexity index is 672. The quantitative estimate of drug-likeness (QED) is 0.851. The Balaban J connectivity index is 2.13. The number of hydrogen-bond donors (Lipinski definition) is 2. The van der Waals surface area contributed by atoms with Crippen LogP contribution in [0.1, 0.15) is 32.6 Å². The molecule has 110 valence electrons. The summed E-state index contributed by atoms with van der Waals surface area (Å²) in [4.78, 5) is 12.2. The monoisotopic (exact) mass is 286 g/mol. The van der Waals surface area contributed by atoms with Gasteiger partial charge in [-0.25, -0.2) is 4.39 Å². The maximum absolute atomic E-state index is 13.6. The average Bonchev–Trinajstić information content (AvgIpc) is 2.45. The fourth-order valence-corrected chi connectivity index (χ4v) is 2.31. The topological polar surface area (TPSA) is 55.1 Å². The average molecular weight is 286 g/mol. The van der Waals surface area contributed by atoms with E-state index in [1.165, 1.54) is 0 Å². The van der Waals surface area contributed by atoms with Crippen LogP contribution in [0.4, 0.5) is 10.1 Å². The number of nitrogens with one attached hydrogen (secondary N) is 1. The molecule has 0 bridgehead atoms. The lowest BCUT2D eigenvalue weighted by Gasteiger charge is -2.11. The Morgan fingerprint density at radius 2 is 1.81 bits per heavy atom. The van der Waals surface area contributed by atoms with Crippen molar-refractivity contribution in [3.63, 3.8) is 0 Å².